The molecule has 126 valence electrons. The van der Waals surface area contributed by atoms with Crippen LogP contribution in [0.2, 0.25) is 0 Å². The number of carboxylic acid groups (broad SMARTS) is 1. The fourth-order valence-corrected chi connectivity index (χ4v) is 1.95. The van der Waals surface area contributed by atoms with Crippen LogP contribution >= 0.6 is 0 Å². The maximum Gasteiger partial charge on any atom is 0.303 e. The third-order valence-electron chi connectivity index (χ3n) is 3.21. The first-order chi connectivity index (χ1) is 10.7. The van der Waals surface area contributed by atoms with Crippen molar-refractivity contribution in [1.29, 1.82) is 0 Å². The molecule has 0 aromatic carbocycles. The van der Waals surface area contributed by atoms with E-state index in [0.717, 1.165) is 51.4 Å². The lowest BCUT2D eigenvalue weighted by Crippen LogP contribution is -2.01. The zero-order valence-corrected chi connectivity index (χ0v) is 13.6. The number of carboxylic acids is 1. The van der Waals surface area contributed by atoms with E-state index >= 15 is 0 Å². The summed E-state index contributed by atoms with van der Waals surface area (Å²) in [4.78, 5) is 14.7. The fourth-order valence-electron chi connectivity index (χ4n) is 1.95. The number of aliphatic carboxylic acids is 1. The van der Waals surface area contributed by atoms with Crippen LogP contribution in [0.15, 0.2) is 36.5 Å². The van der Waals surface area contributed by atoms with Gasteiger partial charge >= 0.3 is 5.97 Å². The Labute approximate surface area is 134 Å². The zero-order chi connectivity index (χ0) is 16.5. The average Bonchev–Trinajstić information content (AvgIpc) is 2.50. The van der Waals surface area contributed by atoms with Crippen LogP contribution in [0.4, 0.5) is 0 Å². The van der Waals surface area contributed by atoms with Crippen LogP contribution in [0.5, 0.6) is 0 Å². The molecule has 0 rings (SSSR count). The zero-order valence-electron chi connectivity index (χ0n) is 13.6. The van der Waals surface area contributed by atoms with Gasteiger partial charge in [-0.1, -0.05) is 63.0 Å². The number of hydrogen-bond donors (Lipinski definition) is 2. The van der Waals surface area contributed by atoms with Crippen molar-refractivity contribution in [3.05, 3.63) is 36.5 Å². The van der Waals surface area contributed by atoms with Gasteiger partial charge in [-0.2, -0.15) is 0 Å². The molecule has 0 saturated carbocycles. The van der Waals surface area contributed by atoms with Gasteiger partial charge in [-0.05, 0) is 31.8 Å². The van der Waals surface area contributed by atoms with E-state index in [-0.39, 0.29) is 12.5 Å². The highest BCUT2D eigenvalue weighted by Crippen LogP contribution is 2.07. The molecular formula is C18H30O4. The van der Waals surface area contributed by atoms with E-state index in [1.54, 1.807) is 6.08 Å². The van der Waals surface area contributed by atoms with Gasteiger partial charge < -0.3 is 5.11 Å². The Morgan fingerprint density at radius 2 is 1.73 bits per heavy atom. The van der Waals surface area contributed by atoms with Crippen LogP contribution < -0.4 is 0 Å². The lowest BCUT2D eigenvalue weighted by Gasteiger charge is -2.01. The van der Waals surface area contributed by atoms with Crippen molar-refractivity contribution in [1.82, 2.24) is 0 Å². The van der Waals surface area contributed by atoms with E-state index < -0.39 is 5.97 Å². The molecule has 2 N–H and O–H groups in total. The minimum Gasteiger partial charge on any atom is -0.481 e. The summed E-state index contributed by atoms with van der Waals surface area (Å²) in [6.45, 7) is 2.10. The third-order valence-corrected chi connectivity index (χ3v) is 3.21. The van der Waals surface area contributed by atoms with Gasteiger partial charge in [-0.15, -0.1) is 0 Å². The molecule has 1 unspecified atom stereocenters. The molecule has 4 nitrogen and oxygen atoms in total. The molecule has 0 amide bonds. The third kappa shape index (κ3) is 15.0. The highest BCUT2D eigenvalue weighted by molar-refractivity contribution is 5.66. The molecule has 0 radical (unpaired) electrons. The minimum atomic E-state index is -0.704. The molecule has 0 aromatic heterocycles. The van der Waals surface area contributed by atoms with E-state index in [4.69, 9.17) is 10.4 Å². The van der Waals surface area contributed by atoms with Crippen molar-refractivity contribution in [2.75, 3.05) is 0 Å². The van der Waals surface area contributed by atoms with E-state index in [1.165, 1.54) is 0 Å². The summed E-state index contributed by atoms with van der Waals surface area (Å²) in [5.41, 5.74) is 0. The predicted molar refractivity (Wildman–Crippen MR) is 89.8 cm³/mol. The molecule has 1 atom stereocenters. The molecule has 0 fully saturated rings. The van der Waals surface area contributed by atoms with Gasteiger partial charge in [0.1, 0.15) is 6.10 Å². The second-order valence-electron chi connectivity index (χ2n) is 5.30. The Balaban J connectivity index is 3.59. The number of hydrogen-bond acceptors (Lipinski definition) is 3. The Morgan fingerprint density at radius 3 is 2.41 bits per heavy atom. The molecule has 0 aromatic rings. The van der Waals surface area contributed by atoms with Crippen LogP contribution in [-0.4, -0.2) is 22.4 Å². The number of unbranched alkanes of at least 4 members (excludes halogenated alkanes) is 6. The van der Waals surface area contributed by atoms with Gasteiger partial charge in [0, 0.05) is 6.42 Å². The Morgan fingerprint density at radius 1 is 1.00 bits per heavy atom. The maximum atomic E-state index is 10.3. The standard InChI is InChI=1S/C18H30O4/c1-2-3-11-14-17(22-21)15-12-9-7-5-4-6-8-10-13-16-18(19)20/h7,9,11-12,14-15,17,21H,2-6,8,10,13,16H2,1H3,(H,19,20)/b9-7+,14-11+,15-12+. The fraction of sp³-hybridized carbons (Fsp3) is 0.611. The van der Waals surface area contributed by atoms with Gasteiger partial charge in [0.05, 0.1) is 0 Å². The SMILES string of the molecule is CCC/C=C/C(/C=C/C=C/CCCCCCCC(=O)O)OO. The summed E-state index contributed by atoms with van der Waals surface area (Å²) in [7, 11) is 0. The second kappa shape index (κ2) is 16.0. The van der Waals surface area contributed by atoms with Crippen molar-refractivity contribution in [3.63, 3.8) is 0 Å². The number of allylic oxidation sites excluding steroid dienone is 4. The van der Waals surface area contributed by atoms with Crippen molar-refractivity contribution in [2.24, 2.45) is 0 Å². The first-order valence-electron chi connectivity index (χ1n) is 8.22. The van der Waals surface area contributed by atoms with Crippen molar-refractivity contribution >= 4 is 5.97 Å². The summed E-state index contributed by atoms with van der Waals surface area (Å²) in [5.74, 6) is -0.704. The average molecular weight is 310 g/mol. The van der Waals surface area contributed by atoms with Gasteiger partial charge in [-0.25, -0.2) is 4.89 Å². The van der Waals surface area contributed by atoms with E-state index in [1.807, 2.05) is 24.3 Å². The number of carbonyl (C=O) groups is 1. The number of rotatable bonds is 14. The van der Waals surface area contributed by atoms with E-state index in [9.17, 15) is 4.79 Å². The van der Waals surface area contributed by atoms with Gasteiger partial charge in [-0.3, -0.25) is 10.1 Å². The molecule has 0 aliphatic carbocycles. The van der Waals surface area contributed by atoms with E-state index in [0.29, 0.717) is 0 Å². The van der Waals surface area contributed by atoms with Gasteiger partial charge in [0.25, 0.3) is 0 Å². The van der Waals surface area contributed by atoms with Gasteiger partial charge in [0.15, 0.2) is 0 Å². The molecule has 0 aliphatic heterocycles. The summed E-state index contributed by atoms with van der Waals surface area (Å²) in [6.07, 6.45) is 19.7. The van der Waals surface area contributed by atoms with E-state index in [2.05, 4.69) is 17.9 Å². The molecule has 0 heterocycles. The van der Waals surface area contributed by atoms with Crippen LogP contribution in [0.3, 0.4) is 0 Å². The largest absolute Gasteiger partial charge is 0.481 e. The predicted octanol–water partition coefficient (Wildman–Crippen LogP) is 5.13. The first-order valence-corrected chi connectivity index (χ1v) is 8.22. The van der Waals surface area contributed by atoms with Crippen LogP contribution in [-0.2, 0) is 9.68 Å². The molecule has 0 aliphatic rings. The summed E-state index contributed by atoms with van der Waals surface area (Å²) < 4.78 is 0. The quantitative estimate of drug-likeness (QED) is 0.153. The lowest BCUT2D eigenvalue weighted by atomic mass is 10.1. The summed E-state index contributed by atoms with van der Waals surface area (Å²) in [5, 5.41) is 17.2. The lowest BCUT2D eigenvalue weighted by molar-refractivity contribution is -0.254. The second-order valence-corrected chi connectivity index (χ2v) is 5.30. The molecule has 22 heavy (non-hydrogen) atoms. The highest BCUT2D eigenvalue weighted by Gasteiger charge is 1.96. The van der Waals surface area contributed by atoms with Crippen LogP contribution in [0.1, 0.15) is 64.7 Å². The molecule has 4 heteroatoms. The van der Waals surface area contributed by atoms with Gasteiger partial charge in [0.2, 0.25) is 0 Å². The van der Waals surface area contributed by atoms with Crippen LogP contribution in [0, 0.1) is 0 Å². The Hall–Kier alpha value is -1.39. The molecular weight excluding hydrogens is 280 g/mol. The molecule has 0 spiro atoms. The molecule has 0 bridgehead atoms. The maximum absolute atomic E-state index is 10.3. The van der Waals surface area contributed by atoms with Crippen molar-refractivity contribution < 1.29 is 20.0 Å². The summed E-state index contributed by atoms with van der Waals surface area (Å²) >= 11 is 0. The normalized spacial score (nSPS) is 13.5. The minimum absolute atomic E-state index is 0.283. The smallest absolute Gasteiger partial charge is 0.303 e. The topological polar surface area (TPSA) is 66.8 Å². The summed E-state index contributed by atoms with van der Waals surface area (Å²) in [6, 6.07) is 0. The highest BCUT2D eigenvalue weighted by atomic mass is 17.1. The Bertz CT molecular complexity index is 345. The Kier molecular flexibility index (Phi) is 15.0. The van der Waals surface area contributed by atoms with Crippen LogP contribution in [0.25, 0.3) is 0 Å². The first kappa shape index (κ1) is 20.6. The van der Waals surface area contributed by atoms with Crippen molar-refractivity contribution in [3.8, 4) is 0 Å². The van der Waals surface area contributed by atoms with Crippen molar-refractivity contribution in [2.45, 2.75) is 70.8 Å². The monoisotopic (exact) mass is 310 g/mol. The molecule has 0 saturated heterocycles.